The van der Waals surface area contributed by atoms with Crippen LogP contribution in [0.15, 0.2) is 6.33 Å². The number of rotatable bonds is 3. The fourth-order valence-corrected chi connectivity index (χ4v) is 4.14. The van der Waals surface area contributed by atoms with E-state index in [0.29, 0.717) is 43.6 Å². The maximum absolute atomic E-state index is 12.8. The van der Waals surface area contributed by atoms with Gasteiger partial charge in [-0.2, -0.15) is 0 Å². The molecule has 2 amide bonds. The topological polar surface area (TPSA) is 75.6 Å². The lowest BCUT2D eigenvalue weighted by Gasteiger charge is -2.32. The second-order valence-electron chi connectivity index (χ2n) is 5.55. The highest BCUT2D eigenvalue weighted by Gasteiger charge is 2.37. The largest absolute Gasteiger partial charge is 0.478 e. The van der Waals surface area contributed by atoms with Crippen LogP contribution in [0.5, 0.6) is 5.88 Å². The molecule has 3 rings (SSSR count). The minimum atomic E-state index is -0.362. The van der Waals surface area contributed by atoms with Crippen LogP contribution in [0.3, 0.4) is 0 Å². The third kappa shape index (κ3) is 3.12. The molecule has 23 heavy (non-hydrogen) atoms. The fraction of sp³-hybridized carbons (Fsp3) is 0.600. The Labute approximate surface area is 139 Å². The van der Waals surface area contributed by atoms with Gasteiger partial charge in [-0.1, -0.05) is 0 Å². The molecule has 1 aromatic rings. The quantitative estimate of drug-likeness (QED) is 0.808. The predicted molar refractivity (Wildman–Crippen MR) is 86.0 cm³/mol. The van der Waals surface area contributed by atoms with Crippen LogP contribution in [0.4, 0.5) is 0 Å². The summed E-state index contributed by atoms with van der Waals surface area (Å²) in [6.07, 6.45) is 2.19. The molecule has 1 aromatic heterocycles. The highest BCUT2D eigenvalue weighted by atomic mass is 32.2. The van der Waals surface area contributed by atoms with E-state index in [0.717, 1.165) is 11.3 Å². The summed E-state index contributed by atoms with van der Waals surface area (Å²) in [6.45, 7) is 4.99. The summed E-state index contributed by atoms with van der Waals surface area (Å²) in [5.74, 6) is 1.75. The number of carbonyl (C=O) groups excluding carboxylic acids is 2. The molecule has 2 aliphatic heterocycles. The molecule has 2 aliphatic rings. The Hall–Kier alpha value is -1.83. The normalized spacial score (nSPS) is 20.3. The molecule has 1 atom stereocenters. The lowest BCUT2D eigenvalue weighted by molar-refractivity contribution is -0.143. The van der Waals surface area contributed by atoms with Gasteiger partial charge in [0.1, 0.15) is 12.4 Å². The van der Waals surface area contributed by atoms with E-state index in [-0.39, 0.29) is 17.9 Å². The zero-order chi connectivity index (χ0) is 16.4. The molecular formula is C15H20N4O3S. The van der Waals surface area contributed by atoms with Gasteiger partial charge in [0.25, 0.3) is 0 Å². The average Bonchev–Trinajstić information content (AvgIpc) is 3.04. The van der Waals surface area contributed by atoms with Crippen molar-refractivity contribution in [2.75, 3.05) is 24.8 Å². The van der Waals surface area contributed by atoms with E-state index in [2.05, 4.69) is 9.97 Å². The minimum absolute atomic E-state index is 0.00199. The molecule has 0 spiro atoms. The van der Waals surface area contributed by atoms with Crippen molar-refractivity contribution in [3.8, 4) is 5.88 Å². The molecule has 0 N–H and O–H groups in total. The van der Waals surface area contributed by atoms with Crippen molar-refractivity contribution >= 4 is 23.6 Å². The van der Waals surface area contributed by atoms with Crippen molar-refractivity contribution in [1.29, 1.82) is 0 Å². The van der Waals surface area contributed by atoms with Gasteiger partial charge in [-0.3, -0.25) is 9.59 Å². The zero-order valence-corrected chi connectivity index (χ0v) is 14.1. The molecule has 0 radical (unpaired) electrons. The second-order valence-corrected chi connectivity index (χ2v) is 6.55. The third-order valence-corrected chi connectivity index (χ3v) is 5.14. The molecule has 124 valence electrons. The van der Waals surface area contributed by atoms with E-state index in [4.69, 9.17) is 4.74 Å². The molecule has 7 nitrogen and oxygen atoms in total. The van der Waals surface area contributed by atoms with Gasteiger partial charge in [0.05, 0.1) is 30.3 Å². The van der Waals surface area contributed by atoms with Gasteiger partial charge in [-0.05, 0) is 6.92 Å². The fourth-order valence-electron chi connectivity index (χ4n) is 2.93. The lowest BCUT2D eigenvalue weighted by atomic mass is 10.1. The summed E-state index contributed by atoms with van der Waals surface area (Å²) in [4.78, 5) is 36.4. The van der Waals surface area contributed by atoms with Gasteiger partial charge in [0.15, 0.2) is 0 Å². The summed E-state index contributed by atoms with van der Waals surface area (Å²) >= 11 is 1.62. The summed E-state index contributed by atoms with van der Waals surface area (Å²) in [6, 6.07) is -0.362. The van der Waals surface area contributed by atoms with Gasteiger partial charge >= 0.3 is 0 Å². The van der Waals surface area contributed by atoms with Crippen molar-refractivity contribution in [2.45, 2.75) is 32.9 Å². The predicted octanol–water partition coefficient (Wildman–Crippen LogP) is 0.681. The Morgan fingerprint density at radius 1 is 1.43 bits per heavy atom. The number of thioether (sulfide) groups is 1. The number of nitrogens with zero attached hydrogens (tertiary/aromatic N) is 4. The van der Waals surface area contributed by atoms with Crippen LogP contribution in [-0.4, -0.2) is 62.4 Å². The Kier molecular flexibility index (Phi) is 4.70. The minimum Gasteiger partial charge on any atom is -0.478 e. The van der Waals surface area contributed by atoms with Gasteiger partial charge in [-0.15, -0.1) is 11.8 Å². The smallest absolute Gasteiger partial charge is 0.246 e. The summed E-state index contributed by atoms with van der Waals surface area (Å²) in [5, 5.41) is 0. The number of hydrogen-bond donors (Lipinski definition) is 0. The van der Waals surface area contributed by atoms with Crippen molar-refractivity contribution < 1.29 is 14.3 Å². The molecule has 0 bridgehead atoms. The third-order valence-electron chi connectivity index (χ3n) is 4.13. The maximum Gasteiger partial charge on any atom is 0.246 e. The summed E-state index contributed by atoms with van der Waals surface area (Å²) < 4.78 is 5.56. The van der Waals surface area contributed by atoms with Crippen LogP contribution >= 0.6 is 11.8 Å². The van der Waals surface area contributed by atoms with Crippen LogP contribution in [0.2, 0.25) is 0 Å². The van der Waals surface area contributed by atoms with Gasteiger partial charge in [0, 0.05) is 25.6 Å². The molecule has 3 heterocycles. The Morgan fingerprint density at radius 3 is 3.00 bits per heavy atom. The number of amides is 2. The van der Waals surface area contributed by atoms with E-state index in [9.17, 15) is 9.59 Å². The van der Waals surface area contributed by atoms with Gasteiger partial charge in [-0.25, -0.2) is 9.97 Å². The first-order chi connectivity index (χ1) is 11.1. The monoisotopic (exact) mass is 336 g/mol. The standard InChI is InChI=1S/C15H20N4O3S/c1-3-22-14-11-6-18(5-4-12(11)16-8-17-14)15(21)13-7-23-9-19(13)10(2)20/h8,13H,3-7,9H2,1-2H3. The van der Waals surface area contributed by atoms with Crippen molar-refractivity contribution in [3.63, 3.8) is 0 Å². The van der Waals surface area contributed by atoms with E-state index < -0.39 is 0 Å². The van der Waals surface area contributed by atoms with Crippen LogP contribution in [-0.2, 0) is 22.6 Å². The molecule has 8 heteroatoms. The van der Waals surface area contributed by atoms with Crippen molar-refractivity contribution in [2.24, 2.45) is 0 Å². The molecule has 0 aromatic carbocycles. The average molecular weight is 336 g/mol. The highest BCUT2D eigenvalue weighted by Crippen LogP contribution is 2.28. The molecule has 1 unspecified atom stereocenters. The Bertz CT molecular complexity index is 625. The molecule has 0 saturated carbocycles. The Morgan fingerprint density at radius 2 is 2.26 bits per heavy atom. The first kappa shape index (κ1) is 16.0. The SMILES string of the molecule is CCOc1ncnc2c1CN(C(=O)C1CSCN1C(C)=O)CC2. The number of carbonyl (C=O) groups is 2. The molecule has 0 aliphatic carbocycles. The molecular weight excluding hydrogens is 316 g/mol. The van der Waals surface area contributed by atoms with Crippen molar-refractivity contribution in [1.82, 2.24) is 19.8 Å². The van der Waals surface area contributed by atoms with Crippen LogP contribution in [0, 0.1) is 0 Å². The first-order valence-corrected chi connectivity index (χ1v) is 8.86. The van der Waals surface area contributed by atoms with E-state index in [1.54, 1.807) is 21.6 Å². The molecule has 1 saturated heterocycles. The first-order valence-electron chi connectivity index (χ1n) is 7.71. The lowest BCUT2D eigenvalue weighted by Crippen LogP contribution is -2.49. The van der Waals surface area contributed by atoms with E-state index in [1.807, 2.05) is 6.92 Å². The number of ether oxygens (including phenoxy) is 1. The van der Waals surface area contributed by atoms with E-state index in [1.165, 1.54) is 13.3 Å². The van der Waals surface area contributed by atoms with Crippen LogP contribution in [0.25, 0.3) is 0 Å². The summed E-state index contributed by atoms with van der Waals surface area (Å²) in [5.41, 5.74) is 1.82. The van der Waals surface area contributed by atoms with Crippen LogP contribution < -0.4 is 4.74 Å². The van der Waals surface area contributed by atoms with Crippen LogP contribution in [0.1, 0.15) is 25.1 Å². The highest BCUT2D eigenvalue weighted by molar-refractivity contribution is 7.99. The Balaban J connectivity index is 1.78. The summed E-state index contributed by atoms with van der Waals surface area (Å²) in [7, 11) is 0. The zero-order valence-electron chi connectivity index (χ0n) is 13.3. The number of fused-ring (bicyclic) bond motifs is 1. The van der Waals surface area contributed by atoms with Crippen molar-refractivity contribution in [3.05, 3.63) is 17.6 Å². The molecule has 1 fully saturated rings. The van der Waals surface area contributed by atoms with Gasteiger partial charge < -0.3 is 14.5 Å². The second kappa shape index (κ2) is 6.74. The maximum atomic E-state index is 12.8. The number of hydrogen-bond acceptors (Lipinski definition) is 6. The number of aromatic nitrogens is 2. The van der Waals surface area contributed by atoms with Gasteiger partial charge in [0.2, 0.25) is 17.7 Å². The van der Waals surface area contributed by atoms with E-state index >= 15 is 0 Å².